The minimum absolute atomic E-state index is 0.0103. The van der Waals surface area contributed by atoms with E-state index in [1.165, 1.54) is 24.5 Å². The summed E-state index contributed by atoms with van der Waals surface area (Å²) in [5.41, 5.74) is 5.48. The minimum Gasteiger partial charge on any atom is -0.450 e. The van der Waals surface area contributed by atoms with Crippen LogP contribution in [-0.2, 0) is 0 Å². The van der Waals surface area contributed by atoms with Gasteiger partial charge in [-0.1, -0.05) is 11.6 Å². The molecular formula is C11H7ClF2N2O. The fourth-order valence-electron chi connectivity index (χ4n) is 1.22. The third kappa shape index (κ3) is 2.45. The quantitative estimate of drug-likeness (QED) is 0.838. The Balaban J connectivity index is 2.39. The van der Waals surface area contributed by atoms with E-state index in [9.17, 15) is 8.78 Å². The molecule has 17 heavy (non-hydrogen) atoms. The standard InChI is InChI=1S/C11H7ClF2N2O/c12-6-3-7(5-16-4-6)17-11-9(15)2-1-8(13)10(11)14/h1-5H,15H2. The van der Waals surface area contributed by atoms with Crippen molar-refractivity contribution >= 4 is 17.3 Å². The van der Waals surface area contributed by atoms with Crippen molar-refractivity contribution in [1.29, 1.82) is 0 Å². The van der Waals surface area contributed by atoms with E-state index < -0.39 is 11.6 Å². The minimum atomic E-state index is -1.15. The number of ether oxygens (including phenoxy) is 1. The van der Waals surface area contributed by atoms with Crippen LogP contribution in [0, 0.1) is 11.6 Å². The molecule has 0 radical (unpaired) electrons. The van der Waals surface area contributed by atoms with Gasteiger partial charge in [0.25, 0.3) is 0 Å². The van der Waals surface area contributed by atoms with Crippen molar-refractivity contribution in [3.05, 3.63) is 47.2 Å². The lowest BCUT2D eigenvalue weighted by molar-refractivity contribution is 0.417. The second-order valence-electron chi connectivity index (χ2n) is 3.22. The van der Waals surface area contributed by atoms with Crippen LogP contribution in [0.2, 0.25) is 5.02 Å². The molecule has 2 N–H and O–H groups in total. The van der Waals surface area contributed by atoms with E-state index in [2.05, 4.69) is 4.98 Å². The molecule has 0 amide bonds. The number of pyridine rings is 1. The van der Waals surface area contributed by atoms with Crippen molar-refractivity contribution in [3.63, 3.8) is 0 Å². The number of anilines is 1. The Hall–Kier alpha value is -1.88. The van der Waals surface area contributed by atoms with Crippen LogP contribution in [0.4, 0.5) is 14.5 Å². The number of halogens is 3. The summed E-state index contributed by atoms with van der Waals surface area (Å²) in [4.78, 5) is 3.75. The zero-order chi connectivity index (χ0) is 12.4. The number of benzene rings is 1. The summed E-state index contributed by atoms with van der Waals surface area (Å²) in [5.74, 6) is -2.39. The second kappa shape index (κ2) is 4.55. The van der Waals surface area contributed by atoms with Crippen LogP contribution in [0.1, 0.15) is 0 Å². The zero-order valence-corrected chi connectivity index (χ0v) is 9.21. The number of hydrogen-bond donors (Lipinski definition) is 1. The molecule has 88 valence electrons. The molecule has 0 aliphatic carbocycles. The highest BCUT2D eigenvalue weighted by atomic mass is 35.5. The van der Waals surface area contributed by atoms with Gasteiger partial charge in [-0.15, -0.1) is 0 Å². The van der Waals surface area contributed by atoms with Crippen LogP contribution >= 0.6 is 11.6 Å². The van der Waals surface area contributed by atoms with Gasteiger partial charge in [0.05, 0.1) is 16.9 Å². The van der Waals surface area contributed by atoms with Crippen molar-refractivity contribution in [2.45, 2.75) is 0 Å². The third-order valence-electron chi connectivity index (χ3n) is 1.98. The van der Waals surface area contributed by atoms with Crippen LogP contribution in [-0.4, -0.2) is 4.98 Å². The van der Waals surface area contributed by atoms with E-state index in [4.69, 9.17) is 22.1 Å². The number of aromatic nitrogens is 1. The molecule has 3 nitrogen and oxygen atoms in total. The molecule has 0 atom stereocenters. The molecule has 0 bridgehead atoms. The van der Waals surface area contributed by atoms with E-state index >= 15 is 0 Å². The summed E-state index contributed by atoms with van der Waals surface area (Å²) in [7, 11) is 0. The number of rotatable bonds is 2. The maximum absolute atomic E-state index is 13.4. The smallest absolute Gasteiger partial charge is 0.203 e. The van der Waals surface area contributed by atoms with E-state index in [0.717, 1.165) is 6.07 Å². The summed E-state index contributed by atoms with van der Waals surface area (Å²) >= 11 is 5.68. The van der Waals surface area contributed by atoms with Crippen LogP contribution in [0.25, 0.3) is 0 Å². The Morgan fingerprint density at radius 1 is 1.24 bits per heavy atom. The van der Waals surface area contributed by atoms with Crippen molar-refractivity contribution in [3.8, 4) is 11.5 Å². The fourth-order valence-corrected chi connectivity index (χ4v) is 1.38. The zero-order valence-electron chi connectivity index (χ0n) is 8.45. The molecule has 1 heterocycles. The normalized spacial score (nSPS) is 10.3. The molecule has 0 aliphatic heterocycles. The monoisotopic (exact) mass is 256 g/mol. The predicted molar refractivity (Wildman–Crippen MR) is 60.1 cm³/mol. The Bertz CT molecular complexity index is 563. The first-order valence-corrected chi connectivity index (χ1v) is 4.97. The summed E-state index contributed by atoms with van der Waals surface area (Å²) in [6.45, 7) is 0. The van der Waals surface area contributed by atoms with Gasteiger partial charge < -0.3 is 10.5 Å². The first-order chi connectivity index (χ1) is 8.08. The Labute approximate surface area is 101 Å². The molecule has 0 spiro atoms. The van der Waals surface area contributed by atoms with Crippen LogP contribution in [0.5, 0.6) is 11.5 Å². The van der Waals surface area contributed by atoms with Gasteiger partial charge in [-0.3, -0.25) is 4.98 Å². The Morgan fingerprint density at radius 2 is 2.00 bits per heavy atom. The van der Waals surface area contributed by atoms with Crippen LogP contribution < -0.4 is 10.5 Å². The second-order valence-corrected chi connectivity index (χ2v) is 3.66. The molecular weight excluding hydrogens is 250 g/mol. The van der Waals surface area contributed by atoms with E-state index in [0.29, 0.717) is 5.02 Å². The molecule has 0 saturated heterocycles. The van der Waals surface area contributed by atoms with E-state index in [-0.39, 0.29) is 17.2 Å². The number of nitrogens with zero attached hydrogens (tertiary/aromatic N) is 1. The SMILES string of the molecule is Nc1ccc(F)c(F)c1Oc1cncc(Cl)c1. The first-order valence-electron chi connectivity index (χ1n) is 4.60. The maximum Gasteiger partial charge on any atom is 0.203 e. The highest BCUT2D eigenvalue weighted by Crippen LogP contribution is 2.32. The molecule has 0 fully saturated rings. The van der Waals surface area contributed by atoms with Crippen molar-refractivity contribution in [1.82, 2.24) is 4.98 Å². The lowest BCUT2D eigenvalue weighted by Gasteiger charge is -2.09. The van der Waals surface area contributed by atoms with Crippen molar-refractivity contribution in [2.75, 3.05) is 5.73 Å². The lowest BCUT2D eigenvalue weighted by Crippen LogP contribution is -1.98. The molecule has 6 heteroatoms. The van der Waals surface area contributed by atoms with Crippen LogP contribution in [0.15, 0.2) is 30.6 Å². The topological polar surface area (TPSA) is 48.1 Å². The molecule has 0 aliphatic rings. The third-order valence-corrected chi connectivity index (χ3v) is 2.19. The predicted octanol–water partition coefficient (Wildman–Crippen LogP) is 3.39. The first kappa shape index (κ1) is 11.6. The highest BCUT2D eigenvalue weighted by Gasteiger charge is 2.14. The number of nitrogens with two attached hydrogens (primary N) is 1. The van der Waals surface area contributed by atoms with E-state index in [1.54, 1.807) is 0 Å². The summed E-state index contributed by atoms with van der Waals surface area (Å²) < 4.78 is 31.5. The summed E-state index contributed by atoms with van der Waals surface area (Å²) in [5, 5.41) is 0.317. The molecule has 1 aromatic heterocycles. The van der Waals surface area contributed by atoms with Gasteiger partial charge in [-0.25, -0.2) is 4.39 Å². The summed E-state index contributed by atoms with van der Waals surface area (Å²) in [6.07, 6.45) is 2.70. The highest BCUT2D eigenvalue weighted by molar-refractivity contribution is 6.30. The van der Waals surface area contributed by atoms with Gasteiger partial charge >= 0.3 is 0 Å². The fraction of sp³-hybridized carbons (Fsp3) is 0. The average molecular weight is 257 g/mol. The largest absolute Gasteiger partial charge is 0.450 e. The van der Waals surface area contributed by atoms with Crippen molar-refractivity contribution < 1.29 is 13.5 Å². The Kier molecular flexibility index (Phi) is 3.10. The molecule has 1 aromatic carbocycles. The van der Waals surface area contributed by atoms with Crippen LogP contribution in [0.3, 0.4) is 0 Å². The number of hydrogen-bond acceptors (Lipinski definition) is 3. The van der Waals surface area contributed by atoms with Crippen molar-refractivity contribution in [2.24, 2.45) is 0 Å². The molecule has 0 saturated carbocycles. The number of nitrogen functional groups attached to an aromatic ring is 1. The van der Waals surface area contributed by atoms with E-state index in [1.807, 2.05) is 0 Å². The lowest BCUT2D eigenvalue weighted by atomic mass is 10.2. The van der Waals surface area contributed by atoms with Gasteiger partial charge in [0.2, 0.25) is 5.82 Å². The van der Waals surface area contributed by atoms with Gasteiger partial charge in [-0.2, -0.15) is 4.39 Å². The maximum atomic E-state index is 13.4. The summed E-state index contributed by atoms with van der Waals surface area (Å²) in [6, 6.07) is 3.55. The van der Waals surface area contributed by atoms with Gasteiger partial charge in [0.1, 0.15) is 5.75 Å². The molecule has 0 unspecified atom stereocenters. The average Bonchev–Trinajstić information content (AvgIpc) is 2.30. The van der Waals surface area contributed by atoms with Gasteiger partial charge in [0.15, 0.2) is 11.6 Å². The molecule has 2 aromatic rings. The van der Waals surface area contributed by atoms with Gasteiger partial charge in [0, 0.05) is 12.3 Å². The Morgan fingerprint density at radius 3 is 2.71 bits per heavy atom. The van der Waals surface area contributed by atoms with Gasteiger partial charge in [-0.05, 0) is 12.1 Å². The molecule has 2 rings (SSSR count).